The van der Waals surface area contributed by atoms with Gasteiger partial charge in [-0.1, -0.05) is 97.9 Å². The van der Waals surface area contributed by atoms with E-state index in [4.69, 9.17) is 0 Å². The second kappa shape index (κ2) is 5.79. The molecule has 0 saturated heterocycles. The number of benzene rings is 3. The first kappa shape index (κ1) is 15.0. The van der Waals surface area contributed by atoms with Crippen molar-refractivity contribution in [3.8, 4) is 0 Å². The fourth-order valence-corrected chi connectivity index (χ4v) is 4.16. The molecular weight excluding hydrogens is 288 g/mol. The zero-order valence-electron chi connectivity index (χ0n) is 14.2. The summed E-state index contributed by atoms with van der Waals surface area (Å²) in [5.74, 6) is 0.330. The van der Waals surface area contributed by atoms with Gasteiger partial charge in [-0.25, -0.2) is 0 Å². The van der Waals surface area contributed by atoms with Gasteiger partial charge in [-0.15, -0.1) is 0 Å². The van der Waals surface area contributed by atoms with Gasteiger partial charge in [0.1, 0.15) is 0 Å². The molecule has 1 aliphatic carbocycles. The molecule has 4 rings (SSSR count). The quantitative estimate of drug-likeness (QED) is 0.529. The molecule has 0 heteroatoms. The van der Waals surface area contributed by atoms with Crippen LogP contribution in [0.15, 0.2) is 91.0 Å². The Hall–Kier alpha value is -2.60. The van der Waals surface area contributed by atoms with Crippen molar-refractivity contribution < 1.29 is 0 Å². The van der Waals surface area contributed by atoms with Gasteiger partial charge in [0, 0.05) is 11.3 Å². The Labute approximate surface area is 144 Å². The lowest BCUT2D eigenvalue weighted by Gasteiger charge is -2.42. The van der Waals surface area contributed by atoms with Gasteiger partial charge in [0.2, 0.25) is 0 Å². The van der Waals surface area contributed by atoms with Crippen molar-refractivity contribution in [3.05, 3.63) is 113 Å². The van der Waals surface area contributed by atoms with E-state index in [1.165, 1.54) is 27.8 Å². The van der Waals surface area contributed by atoms with Crippen LogP contribution in [0.25, 0.3) is 5.57 Å². The lowest BCUT2D eigenvalue weighted by molar-refractivity contribution is 0.502. The molecule has 0 aliphatic heterocycles. The molecule has 118 valence electrons. The van der Waals surface area contributed by atoms with Crippen LogP contribution in [0.3, 0.4) is 0 Å². The fourth-order valence-electron chi connectivity index (χ4n) is 4.16. The molecule has 0 nitrogen and oxygen atoms in total. The van der Waals surface area contributed by atoms with E-state index in [0.29, 0.717) is 5.92 Å². The smallest absolute Gasteiger partial charge is 0.0284 e. The van der Waals surface area contributed by atoms with E-state index in [2.05, 4.69) is 105 Å². The van der Waals surface area contributed by atoms with E-state index in [-0.39, 0.29) is 5.41 Å². The lowest BCUT2D eigenvalue weighted by atomic mass is 9.60. The van der Waals surface area contributed by atoms with Gasteiger partial charge < -0.3 is 0 Å². The van der Waals surface area contributed by atoms with Crippen molar-refractivity contribution in [3.63, 3.8) is 0 Å². The SMILES string of the molecule is CC1=CC(c2ccccc2)C(C)(c2ccccc2)c2ccccc21. The first-order chi connectivity index (χ1) is 11.7. The number of hydrogen-bond acceptors (Lipinski definition) is 0. The predicted octanol–water partition coefficient (Wildman–Crippen LogP) is 6.19. The first-order valence-electron chi connectivity index (χ1n) is 8.60. The Morgan fingerprint density at radius 1 is 0.708 bits per heavy atom. The van der Waals surface area contributed by atoms with Crippen LogP contribution in [-0.2, 0) is 5.41 Å². The highest BCUT2D eigenvalue weighted by molar-refractivity contribution is 5.74. The van der Waals surface area contributed by atoms with Crippen molar-refractivity contribution in [1.29, 1.82) is 0 Å². The molecule has 0 aromatic heterocycles. The normalized spacial score (nSPS) is 22.6. The average molecular weight is 310 g/mol. The summed E-state index contributed by atoms with van der Waals surface area (Å²) in [7, 11) is 0. The molecule has 2 atom stereocenters. The molecule has 1 aliphatic rings. The summed E-state index contributed by atoms with van der Waals surface area (Å²) < 4.78 is 0. The van der Waals surface area contributed by atoms with Crippen LogP contribution in [0.4, 0.5) is 0 Å². The molecular formula is C24H22. The number of allylic oxidation sites excluding steroid dienone is 2. The van der Waals surface area contributed by atoms with Crippen molar-refractivity contribution >= 4 is 5.57 Å². The summed E-state index contributed by atoms with van der Waals surface area (Å²) in [6.45, 7) is 4.63. The summed E-state index contributed by atoms with van der Waals surface area (Å²) in [4.78, 5) is 0. The lowest BCUT2D eigenvalue weighted by Crippen LogP contribution is -2.34. The van der Waals surface area contributed by atoms with Crippen molar-refractivity contribution in [2.45, 2.75) is 25.2 Å². The van der Waals surface area contributed by atoms with Crippen LogP contribution in [0.2, 0.25) is 0 Å². The van der Waals surface area contributed by atoms with Crippen LogP contribution in [0, 0.1) is 0 Å². The Kier molecular flexibility index (Phi) is 3.61. The molecule has 0 bridgehead atoms. The highest BCUT2D eigenvalue weighted by Gasteiger charge is 2.41. The summed E-state index contributed by atoms with van der Waals surface area (Å²) >= 11 is 0. The van der Waals surface area contributed by atoms with Crippen LogP contribution in [-0.4, -0.2) is 0 Å². The minimum Gasteiger partial charge on any atom is -0.0722 e. The molecule has 0 fully saturated rings. The monoisotopic (exact) mass is 310 g/mol. The Morgan fingerprint density at radius 2 is 1.29 bits per heavy atom. The second-order valence-corrected chi connectivity index (χ2v) is 6.85. The molecule has 0 radical (unpaired) electrons. The maximum absolute atomic E-state index is 2.45. The largest absolute Gasteiger partial charge is 0.0722 e. The topological polar surface area (TPSA) is 0 Å². The minimum absolute atomic E-state index is 0.0707. The predicted molar refractivity (Wildman–Crippen MR) is 102 cm³/mol. The Morgan fingerprint density at radius 3 is 2.00 bits per heavy atom. The van der Waals surface area contributed by atoms with Gasteiger partial charge in [0.15, 0.2) is 0 Å². The highest BCUT2D eigenvalue weighted by atomic mass is 14.4. The maximum Gasteiger partial charge on any atom is 0.0284 e. The molecule has 0 N–H and O–H groups in total. The van der Waals surface area contributed by atoms with Crippen LogP contribution >= 0.6 is 0 Å². The van der Waals surface area contributed by atoms with Gasteiger partial charge in [0.25, 0.3) is 0 Å². The van der Waals surface area contributed by atoms with E-state index in [1.807, 2.05) is 0 Å². The molecule has 0 amide bonds. The number of rotatable bonds is 2. The van der Waals surface area contributed by atoms with E-state index in [0.717, 1.165) is 0 Å². The Bertz CT molecular complexity index is 874. The second-order valence-electron chi connectivity index (χ2n) is 6.85. The number of fused-ring (bicyclic) bond motifs is 1. The standard InChI is InChI=1S/C24H22/c1-18-17-23(19-11-5-3-6-12-19)24(2,20-13-7-4-8-14-20)22-16-10-9-15-21(18)22/h3-17,23H,1-2H3. The molecule has 0 heterocycles. The van der Waals surface area contributed by atoms with E-state index < -0.39 is 0 Å². The number of hydrogen-bond donors (Lipinski definition) is 0. The summed E-state index contributed by atoms with van der Waals surface area (Å²) in [6, 6.07) is 30.7. The minimum atomic E-state index is -0.0707. The van der Waals surface area contributed by atoms with E-state index in [1.54, 1.807) is 0 Å². The molecule has 0 spiro atoms. The average Bonchev–Trinajstić information content (AvgIpc) is 2.66. The zero-order valence-corrected chi connectivity index (χ0v) is 14.2. The van der Waals surface area contributed by atoms with Crippen LogP contribution in [0.1, 0.15) is 42.0 Å². The van der Waals surface area contributed by atoms with Gasteiger partial charge in [0.05, 0.1) is 0 Å². The summed E-state index contributed by atoms with van der Waals surface area (Å²) in [5, 5.41) is 0. The summed E-state index contributed by atoms with van der Waals surface area (Å²) in [5.41, 5.74) is 6.83. The fraction of sp³-hybridized carbons (Fsp3) is 0.167. The van der Waals surface area contributed by atoms with Crippen LogP contribution in [0.5, 0.6) is 0 Å². The van der Waals surface area contributed by atoms with Crippen molar-refractivity contribution in [2.75, 3.05) is 0 Å². The third kappa shape index (κ3) is 2.22. The molecule has 2 unspecified atom stereocenters. The van der Waals surface area contributed by atoms with Gasteiger partial charge in [-0.2, -0.15) is 0 Å². The van der Waals surface area contributed by atoms with Gasteiger partial charge in [-0.3, -0.25) is 0 Å². The van der Waals surface area contributed by atoms with Crippen LogP contribution < -0.4 is 0 Å². The molecule has 24 heavy (non-hydrogen) atoms. The molecule has 3 aromatic carbocycles. The third-order valence-electron chi connectivity index (χ3n) is 5.48. The highest BCUT2D eigenvalue weighted by Crippen LogP contribution is 2.51. The Balaban J connectivity index is 2.01. The van der Waals surface area contributed by atoms with Gasteiger partial charge >= 0.3 is 0 Å². The summed E-state index contributed by atoms with van der Waals surface area (Å²) in [6.07, 6.45) is 2.45. The third-order valence-corrected chi connectivity index (χ3v) is 5.48. The van der Waals surface area contributed by atoms with E-state index in [9.17, 15) is 0 Å². The van der Waals surface area contributed by atoms with Gasteiger partial charge in [-0.05, 0) is 34.8 Å². The van der Waals surface area contributed by atoms with Crippen molar-refractivity contribution in [1.82, 2.24) is 0 Å². The maximum atomic E-state index is 2.45. The van der Waals surface area contributed by atoms with E-state index >= 15 is 0 Å². The molecule has 3 aromatic rings. The molecule has 0 saturated carbocycles. The zero-order chi connectivity index (χ0) is 16.6. The van der Waals surface area contributed by atoms with Crippen molar-refractivity contribution in [2.24, 2.45) is 0 Å². The first-order valence-corrected chi connectivity index (χ1v) is 8.60.